The number of carbonyl (C=O) groups excluding carboxylic acids is 2. The highest BCUT2D eigenvalue weighted by Crippen LogP contribution is 2.19. The molecule has 2 aromatic heterocycles. The van der Waals surface area contributed by atoms with E-state index in [2.05, 4.69) is 49.0 Å². The number of hydrogen-bond acceptors (Lipinski definition) is 8. The smallest absolute Gasteiger partial charge is 0.324 e. The highest BCUT2D eigenvalue weighted by Gasteiger charge is 2.27. The standard InChI is InChI=1S/C21H30N10O2/c1-5-18(32)30-9-8-28(10-14(30)2)13-29-11-17(23-12-29)15(3)24-19-25-16(4)26-20(27-19)31-7-6-22-21(31)33/h5,11-12,14-15H,1,6-10,13H2,2-4H3,(H,22,33)(H,24,25,26,27)/t14-,15-/m0/s1. The summed E-state index contributed by atoms with van der Waals surface area (Å²) in [7, 11) is 0. The summed E-state index contributed by atoms with van der Waals surface area (Å²) in [6.07, 6.45) is 5.17. The maximum atomic E-state index is 11.9. The van der Waals surface area contributed by atoms with E-state index in [0.717, 1.165) is 18.8 Å². The molecule has 2 fully saturated rings. The van der Waals surface area contributed by atoms with Crippen LogP contribution >= 0.6 is 0 Å². The first-order valence-electron chi connectivity index (χ1n) is 11.1. The predicted octanol–water partition coefficient (Wildman–Crippen LogP) is 0.755. The van der Waals surface area contributed by atoms with Crippen LogP contribution in [0, 0.1) is 6.92 Å². The van der Waals surface area contributed by atoms with Crippen molar-refractivity contribution in [1.82, 2.24) is 39.6 Å². The van der Waals surface area contributed by atoms with Gasteiger partial charge in [0.2, 0.25) is 17.8 Å². The van der Waals surface area contributed by atoms with Gasteiger partial charge in [0.25, 0.3) is 0 Å². The molecule has 2 N–H and O–H groups in total. The van der Waals surface area contributed by atoms with Crippen LogP contribution in [0.25, 0.3) is 0 Å². The highest BCUT2D eigenvalue weighted by atomic mass is 16.2. The molecule has 0 spiro atoms. The van der Waals surface area contributed by atoms with Gasteiger partial charge in [-0.3, -0.25) is 14.6 Å². The summed E-state index contributed by atoms with van der Waals surface area (Å²) in [6.45, 7) is 13.4. The summed E-state index contributed by atoms with van der Waals surface area (Å²) in [4.78, 5) is 47.1. The van der Waals surface area contributed by atoms with Gasteiger partial charge in [-0.2, -0.15) is 15.0 Å². The Morgan fingerprint density at radius 1 is 1.33 bits per heavy atom. The fourth-order valence-electron chi connectivity index (χ4n) is 4.10. The maximum Gasteiger partial charge on any atom is 0.324 e. The van der Waals surface area contributed by atoms with E-state index in [0.29, 0.717) is 44.0 Å². The fraction of sp³-hybridized carbons (Fsp3) is 0.524. The van der Waals surface area contributed by atoms with E-state index < -0.39 is 0 Å². The monoisotopic (exact) mass is 454 g/mol. The van der Waals surface area contributed by atoms with E-state index in [1.807, 2.05) is 22.6 Å². The number of carbonyl (C=O) groups is 2. The third-order valence-electron chi connectivity index (χ3n) is 5.81. The molecule has 0 bridgehead atoms. The van der Waals surface area contributed by atoms with Gasteiger partial charge in [0, 0.05) is 45.0 Å². The van der Waals surface area contributed by atoms with Crippen LogP contribution in [0.5, 0.6) is 0 Å². The second kappa shape index (κ2) is 9.53. The first-order chi connectivity index (χ1) is 15.8. The number of imidazole rings is 1. The Morgan fingerprint density at radius 3 is 2.85 bits per heavy atom. The zero-order valence-corrected chi connectivity index (χ0v) is 19.2. The summed E-state index contributed by atoms with van der Waals surface area (Å²) >= 11 is 0. The topological polar surface area (TPSA) is 124 Å². The van der Waals surface area contributed by atoms with Crippen molar-refractivity contribution in [3.8, 4) is 0 Å². The lowest BCUT2D eigenvalue weighted by Gasteiger charge is -2.39. The van der Waals surface area contributed by atoms with Crippen LogP contribution in [0.4, 0.5) is 16.7 Å². The fourth-order valence-corrected chi connectivity index (χ4v) is 4.10. The van der Waals surface area contributed by atoms with E-state index >= 15 is 0 Å². The van der Waals surface area contributed by atoms with E-state index in [1.165, 1.54) is 11.0 Å². The van der Waals surface area contributed by atoms with Crippen molar-refractivity contribution in [2.24, 2.45) is 0 Å². The van der Waals surface area contributed by atoms with Crippen molar-refractivity contribution >= 4 is 23.8 Å². The van der Waals surface area contributed by atoms with Gasteiger partial charge in [0.05, 0.1) is 24.7 Å². The molecule has 4 heterocycles. The van der Waals surface area contributed by atoms with E-state index in [-0.39, 0.29) is 24.0 Å². The Hall–Kier alpha value is -3.54. The molecule has 2 atom stereocenters. The molecule has 2 aromatic rings. The number of rotatable bonds is 7. The van der Waals surface area contributed by atoms with E-state index in [4.69, 9.17) is 0 Å². The first-order valence-corrected chi connectivity index (χ1v) is 11.1. The largest absolute Gasteiger partial charge is 0.346 e. The van der Waals surface area contributed by atoms with Crippen LogP contribution in [0.1, 0.15) is 31.4 Å². The highest BCUT2D eigenvalue weighted by molar-refractivity contribution is 5.92. The van der Waals surface area contributed by atoms with Crippen LogP contribution in [0.3, 0.4) is 0 Å². The number of amides is 3. The van der Waals surface area contributed by atoms with Crippen molar-refractivity contribution in [2.45, 2.75) is 39.5 Å². The molecule has 176 valence electrons. The second-order valence-corrected chi connectivity index (χ2v) is 8.37. The lowest BCUT2D eigenvalue weighted by molar-refractivity contribution is -0.130. The number of nitrogens with one attached hydrogen (secondary N) is 2. The van der Waals surface area contributed by atoms with E-state index in [9.17, 15) is 9.59 Å². The minimum Gasteiger partial charge on any atom is -0.346 e. The lowest BCUT2D eigenvalue weighted by Crippen LogP contribution is -2.53. The minimum absolute atomic E-state index is 0.0194. The number of urea groups is 1. The molecule has 2 aliphatic heterocycles. The van der Waals surface area contributed by atoms with Gasteiger partial charge in [-0.25, -0.2) is 9.78 Å². The van der Waals surface area contributed by atoms with Crippen LogP contribution in [0.2, 0.25) is 0 Å². The Kier molecular flexibility index (Phi) is 6.54. The molecular weight excluding hydrogens is 424 g/mol. The van der Waals surface area contributed by atoms with Crippen molar-refractivity contribution in [2.75, 3.05) is 42.9 Å². The molecule has 0 radical (unpaired) electrons. The maximum absolute atomic E-state index is 11.9. The number of aromatic nitrogens is 5. The molecule has 12 nitrogen and oxygen atoms in total. The average molecular weight is 455 g/mol. The van der Waals surface area contributed by atoms with Gasteiger partial charge in [-0.1, -0.05) is 6.58 Å². The predicted molar refractivity (Wildman–Crippen MR) is 123 cm³/mol. The lowest BCUT2D eigenvalue weighted by atomic mass is 10.2. The molecule has 33 heavy (non-hydrogen) atoms. The van der Waals surface area contributed by atoms with Crippen molar-refractivity contribution in [3.63, 3.8) is 0 Å². The molecule has 0 aliphatic carbocycles. The molecule has 0 saturated carbocycles. The van der Waals surface area contributed by atoms with Gasteiger partial charge in [-0.15, -0.1) is 0 Å². The van der Waals surface area contributed by atoms with Gasteiger partial charge < -0.3 is 20.1 Å². The summed E-state index contributed by atoms with van der Waals surface area (Å²) in [5.41, 5.74) is 0.849. The molecule has 12 heteroatoms. The van der Waals surface area contributed by atoms with Gasteiger partial charge in [-0.05, 0) is 26.8 Å². The molecule has 0 aromatic carbocycles. The van der Waals surface area contributed by atoms with Crippen molar-refractivity contribution < 1.29 is 9.59 Å². The second-order valence-electron chi connectivity index (χ2n) is 8.37. The van der Waals surface area contributed by atoms with Crippen LogP contribution in [0.15, 0.2) is 25.2 Å². The Morgan fingerprint density at radius 2 is 2.15 bits per heavy atom. The van der Waals surface area contributed by atoms with Crippen LogP contribution in [-0.2, 0) is 11.5 Å². The number of hydrogen-bond donors (Lipinski definition) is 2. The van der Waals surface area contributed by atoms with Gasteiger partial charge in [0.15, 0.2) is 0 Å². The van der Waals surface area contributed by atoms with Crippen molar-refractivity contribution in [1.29, 1.82) is 0 Å². The van der Waals surface area contributed by atoms with Crippen LogP contribution in [-0.4, -0.2) is 85.0 Å². The Bertz CT molecular complexity index is 1040. The minimum atomic E-state index is -0.206. The number of aryl methyl sites for hydroxylation is 1. The molecule has 2 aliphatic rings. The molecule has 4 rings (SSSR count). The molecule has 3 amide bonds. The summed E-state index contributed by atoms with van der Waals surface area (Å²) in [6, 6.07) is -0.219. The average Bonchev–Trinajstić information content (AvgIpc) is 3.42. The summed E-state index contributed by atoms with van der Waals surface area (Å²) in [5, 5.41) is 6.01. The third kappa shape index (κ3) is 5.11. The summed E-state index contributed by atoms with van der Waals surface area (Å²) in [5.74, 6) is 1.24. The number of anilines is 2. The number of nitrogens with zero attached hydrogens (tertiary/aromatic N) is 8. The normalized spacial score (nSPS) is 20.0. The molecular formula is C21H30N10O2. The Balaban J connectivity index is 1.37. The van der Waals surface area contributed by atoms with Crippen LogP contribution < -0.4 is 15.5 Å². The van der Waals surface area contributed by atoms with Gasteiger partial charge in [0.1, 0.15) is 5.82 Å². The quantitative estimate of drug-likeness (QED) is 0.588. The SMILES string of the molecule is C=CC(=O)N1CCN(Cn2cnc([C@H](C)Nc3nc(C)nc(N4CCNC4=O)n3)c2)C[C@@H]1C. The Labute approximate surface area is 192 Å². The van der Waals surface area contributed by atoms with E-state index in [1.54, 1.807) is 13.3 Å². The molecule has 2 saturated heterocycles. The number of piperazine rings is 1. The molecule has 0 unspecified atom stereocenters. The zero-order valence-electron chi connectivity index (χ0n) is 19.2. The van der Waals surface area contributed by atoms with Crippen molar-refractivity contribution in [3.05, 3.63) is 36.7 Å². The third-order valence-corrected chi connectivity index (χ3v) is 5.81. The first kappa shape index (κ1) is 22.6. The summed E-state index contributed by atoms with van der Waals surface area (Å²) < 4.78 is 2.03. The van der Waals surface area contributed by atoms with Gasteiger partial charge >= 0.3 is 6.03 Å². The zero-order chi connectivity index (χ0) is 23.5.